The van der Waals surface area contributed by atoms with Crippen LogP contribution in [0.5, 0.6) is 0 Å². The third kappa shape index (κ3) is 4.06. The Morgan fingerprint density at radius 3 is 2.81 bits per heavy atom. The summed E-state index contributed by atoms with van der Waals surface area (Å²) in [5.41, 5.74) is 2.46. The van der Waals surface area contributed by atoms with E-state index >= 15 is 0 Å². The molecule has 3 heteroatoms. The smallest absolute Gasteiger partial charge is 0.0898 e. The quantitative estimate of drug-likeness (QED) is 0.730. The molecule has 0 radical (unpaired) electrons. The third-order valence-electron chi connectivity index (χ3n) is 2.63. The zero-order valence-corrected chi connectivity index (χ0v) is 11.4. The normalized spacial score (nSPS) is 12.7. The summed E-state index contributed by atoms with van der Waals surface area (Å²) in [6.45, 7) is 11.5. The van der Waals surface area contributed by atoms with E-state index in [0.29, 0.717) is 6.04 Å². The van der Waals surface area contributed by atoms with Crippen LogP contribution in [0.25, 0.3) is 0 Å². The lowest BCUT2D eigenvalue weighted by Crippen LogP contribution is -2.22. The molecule has 1 atom stereocenters. The van der Waals surface area contributed by atoms with Gasteiger partial charge in [-0.2, -0.15) is 0 Å². The lowest BCUT2D eigenvalue weighted by molar-refractivity contribution is 0.514. The maximum Gasteiger partial charge on any atom is 0.0898 e. The van der Waals surface area contributed by atoms with Crippen LogP contribution in [0.4, 0.5) is 0 Å². The van der Waals surface area contributed by atoms with Crippen molar-refractivity contribution in [3.63, 3.8) is 0 Å². The molecule has 1 unspecified atom stereocenters. The van der Waals surface area contributed by atoms with Crippen molar-refractivity contribution in [1.82, 2.24) is 10.3 Å². The third-order valence-corrected chi connectivity index (χ3v) is 3.42. The first-order valence-electron chi connectivity index (χ1n) is 5.99. The molecule has 0 saturated heterocycles. The highest BCUT2D eigenvalue weighted by Gasteiger charge is 2.14. The van der Waals surface area contributed by atoms with Crippen molar-refractivity contribution in [2.75, 3.05) is 6.54 Å². The van der Waals surface area contributed by atoms with Gasteiger partial charge in [0, 0.05) is 5.38 Å². The largest absolute Gasteiger partial charge is 0.308 e. The van der Waals surface area contributed by atoms with E-state index in [2.05, 4.69) is 43.0 Å². The van der Waals surface area contributed by atoms with Gasteiger partial charge in [0.2, 0.25) is 0 Å². The van der Waals surface area contributed by atoms with Crippen LogP contribution in [0.1, 0.15) is 49.9 Å². The van der Waals surface area contributed by atoms with E-state index in [4.69, 9.17) is 0 Å². The highest BCUT2D eigenvalue weighted by molar-refractivity contribution is 7.09. The van der Waals surface area contributed by atoms with E-state index in [1.54, 1.807) is 11.3 Å². The number of aromatic nitrogens is 1. The Morgan fingerprint density at radius 1 is 1.56 bits per heavy atom. The molecule has 0 bridgehead atoms. The van der Waals surface area contributed by atoms with Crippen LogP contribution in [-0.2, 0) is 0 Å². The van der Waals surface area contributed by atoms with Crippen molar-refractivity contribution >= 4 is 11.3 Å². The summed E-state index contributed by atoms with van der Waals surface area (Å²) in [7, 11) is 0. The molecule has 16 heavy (non-hydrogen) atoms. The average Bonchev–Trinajstić information content (AvgIpc) is 2.70. The van der Waals surface area contributed by atoms with Gasteiger partial charge in [0.1, 0.15) is 0 Å². The number of rotatable bonds is 7. The maximum absolute atomic E-state index is 4.57. The summed E-state index contributed by atoms with van der Waals surface area (Å²) in [6, 6.07) is 0.345. The molecule has 0 aromatic carbocycles. The fourth-order valence-electron chi connectivity index (χ4n) is 1.57. The molecule has 0 aliphatic rings. The van der Waals surface area contributed by atoms with Gasteiger partial charge in [-0.15, -0.1) is 11.3 Å². The van der Waals surface area contributed by atoms with E-state index < -0.39 is 0 Å². The SMILES string of the molecule is C=C(CC)CC(NCCC)c1csc(C)n1. The lowest BCUT2D eigenvalue weighted by Gasteiger charge is -2.17. The zero-order chi connectivity index (χ0) is 12.0. The van der Waals surface area contributed by atoms with Crippen molar-refractivity contribution in [2.45, 2.75) is 46.1 Å². The number of aryl methyl sites for hydroxylation is 1. The molecule has 0 aliphatic carbocycles. The molecule has 1 aromatic heterocycles. The Labute approximate surface area is 103 Å². The van der Waals surface area contributed by atoms with Gasteiger partial charge in [0.05, 0.1) is 16.7 Å². The van der Waals surface area contributed by atoms with Crippen LogP contribution >= 0.6 is 11.3 Å². The number of hydrogen-bond donors (Lipinski definition) is 1. The predicted molar refractivity (Wildman–Crippen MR) is 71.9 cm³/mol. The highest BCUT2D eigenvalue weighted by Crippen LogP contribution is 2.23. The number of nitrogens with zero attached hydrogens (tertiary/aromatic N) is 1. The zero-order valence-electron chi connectivity index (χ0n) is 10.5. The van der Waals surface area contributed by atoms with E-state index in [0.717, 1.165) is 30.8 Å². The summed E-state index contributed by atoms with van der Waals surface area (Å²) in [5.74, 6) is 0. The summed E-state index contributed by atoms with van der Waals surface area (Å²) < 4.78 is 0. The molecule has 1 aromatic rings. The molecular formula is C13H22N2S. The molecule has 1 heterocycles. The maximum atomic E-state index is 4.57. The Balaban J connectivity index is 2.66. The summed E-state index contributed by atoms with van der Waals surface area (Å²) in [6.07, 6.45) is 3.20. The topological polar surface area (TPSA) is 24.9 Å². The molecule has 1 N–H and O–H groups in total. The number of thiazole rings is 1. The molecule has 0 fully saturated rings. The van der Waals surface area contributed by atoms with E-state index in [9.17, 15) is 0 Å². The van der Waals surface area contributed by atoms with Gasteiger partial charge >= 0.3 is 0 Å². The summed E-state index contributed by atoms with van der Waals surface area (Å²) in [4.78, 5) is 4.57. The van der Waals surface area contributed by atoms with Crippen molar-refractivity contribution in [3.05, 3.63) is 28.2 Å². The minimum atomic E-state index is 0.345. The van der Waals surface area contributed by atoms with Gasteiger partial charge in [-0.25, -0.2) is 4.98 Å². The van der Waals surface area contributed by atoms with Gasteiger partial charge in [-0.1, -0.05) is 26.0 Å². The van der Waals surface area contributed by atoms with E-state index in [1.165, 1.54) is 11.3 Å². The minimum absolute atomic E-state index is 0.345. The average molecular weight is 238 g/mol. The summed E-state index contributed by atoms with van der Waals surface area (Å²) >= 11 is 1.72. The molecule has 0 spiro atoms. The van der Waals surface area contributed by atoms with Crippen molar-refractivity contribution in [3.8, 4) is 0 Å². The fraction of sp³-hybridized carbons (Fsp3) is 0.615. The number of nitrogens with one attached hydrogen (secondary N) is 1. The van der Waals surface area contributed by atoms with Gasteiger partial charge in [-0.3, -0.25) is 0 Å². The molecule has 2 nitrogen and oxygen atoms in total. The van der Waals surface area contributed by atoms with Gasteiger partial charge in [0.15, 0.2) is 0 Å². The van der Waals surface area contributed by atoms with Crippen LogP contribution in [0.2, 0.25) is 0 Å². The van der Waals surface area contributed by atoms with Crippen LogP contribution in [0.15, 0.2) is 17.5 Å². The highest BCUT2D eigenvalue weighted by atomic mass is 32.1. The van der Waals surface area contributed by atoms with Crippen LogP contribution in [0.3, 0.4) is 0 Å². The first-order valence-corrected chi connectivity index (χ1v) is 6.87. The second-order valence-electron chi connectivity index (χ2n) is 4.11. The molecule has 0 aliphatic heterocycles. The van der Waals surface area contributed by atoms with Gasteiger partial charge < -0.3 is 5.32 Å². The molecule has 0 amide bonds. The second-order valence-corrected chi connectivity index (χ2v) is 5.17. The minimum Gasteiger partial charge on any atom is -0.308 e. The standard InChI is InChI=1S/C13H22N2S/c1-5-7-14-12(8-10(3)6-2)13-9-16-11(4)15-13/h9,12,14H,3,5-8H2,1-2,4H3. The Morgan fingerprint density at radius 2 is 2.31 bits per heavy atom. The van der Waals surface area contributed by atoms with Crippen LogP contribution in [-0.4, -0.2) is 11.5 Å². The van der Waals surface area contributed by atoms with Crippen molar-refractivity contribution in [1.29, 1.82) is 0 Å². The monoisotopic (exact) mass is 238 g/mol. The second kappa shape index (κ2) is 6.81. The van der Waals surface area contributed by atoms with Crippen LogP contribution in [0, 0.1) is 6.92 Å². The Hall–Kier alpha value is -0.670. The first-order chi connectivity index (χ1) is 7.67. The van der Waals surface area contributed by atoms with Gasteiger partial charge in [-0.05, 0) is 32.7 Å². The number of hydrogen-bond acceptors (Lipinski definition) is 3. The predicted octanol–water partition coefficient (Wildman–Crippen LogP) is 3.85. The molecule has 1 rings (SSSR count). The molecule has 0 saturated carbocycles. The fourth-order valence-corrected chi connectivity index (χ4v) is 2.24. The Kier molecular flexibility index (Phi) is 5.71. The molecular weight excluding hydrogens is 216 g/mol. The lowest BCUT2D eigenvalue weighted by atomic mass is 10.0. The molecule has 90 valence electrons. The van der Waals surface area contributed by atoms with E-state index in [1.807, 2.05) is 0 Å². The van der Waals surface area contributed by atoms with Crippen LogP contribution < -0.4 is 5.32 Å². The van der Waals surface area contributed by atoms with Crippen molar-refractivity contribution in [2.24, 2.45) is 0 Å². The van der Waals surface area contributed by atoms with E-state index in [-0.39, 0.29) is 0 Å². The van der Waals surface area contributed by atoms with Gasteiger partial charge in [0.25, 0.3) is 0 Å². The van der Waals surface area contributed by atoms with Crippen molar-refractivity contribution < 1.29 is 0 Å². The Bertz CT molecular complexity index is 330. The first kappa shape index (κ1) is 13.4. The summed E-state index contributed by atoms with van der Waals surface area (Å²) in [5, 5.41) is 6.85.